The van der Waals surface area contributed by atoms with Gasteiger partial charge in [-0.2, -0.15) is 0 Å². The van der Waals surface area contributed by atoms with Gasteiger partial charge in [0, 0.05) is 24.8 Å². The van der Waals surface area contributed by atoms with E-state index in [9.17, 15) is 9.59 Å². The summed E-state index contributed by atoms with van der Waals surface area (Å²) in [5.41, 5.74) is 0. The molecule has 1 aromatic rings. The van der Waals surface area contributed by atoms with Crippen LogP contribution in [0.4, 0.5) is 4.79 Å². The van der Waals surface area contributed by atoms with Crippen LogP contribution in [0.15, 0.2) is 22.8 Å². The highest BCUT2D eigenvalue weighted by Gasteiger charge is 2.10. The number of alkyl halides is 1. The maximum atomic E-state index is 11.4. The maximum Gasteiger partial charge on any atom is 0.321 e. The summed E-state index contributed by atoms with van der Waals surface area (Å²) in [6.45, 7) is 1.87. The molecule has 0 spiro atoms. The first kappa shape index (κ1) is 14.6. The van der Waals surface area contributed by atoms with Crippen molar-refractivity contribution in [3.8, 4) is 0 Å². The molecule has 3 amide bonds. The van der Waals surface area contributed by atoms with Gasteiger partial charge in [0.1, 0.15) is 5.76 Å². The minimum atomic E-state index is -0.489. The van der Waals surface area contributed by atoms with Crippen LogP contribution in [0.3, 0.4) is 0 Å². The van der Waals surface area contributed by atoms with E-state index in [-0.39, 0.29) is 24.2 Å². The van der Waals surface area contributed by atoms with Gasteiger partial charge in [-0.05, 0) is 25.5 Å². The van der Waals surface area contributed by atoms with E-state index in [1.54, 1.807) is 6.26 Å². The van der Waals surface area contributed by atoms with Gasteiger partial charge in [0.15, 0.2) is 0 Å². The van der Waals surface area contributed by atoms with Gasteiger partial charge in [-0.15, -0.1) is 11.6 Å². The van der Waals surface area contributed by atoms with Crippen LogP contribution in [0.5, 0.6) is 0 Å². The summed E-state index contributed by atoms with van der Waals surface area (Å²) in [5, 5.41) is 4.88. The summed E-state index contributed by atoms with van der Waals surface area (Å²) in [6, 6.07) is 3.18. The second-order valence-corrected chi connectivity index (χ2v) is 4.36. The van der Waals surface area contributed by atoms with E-state index in [0.717, 1.165) is 18.6 Å². The highest BCUT2D eigenvalue weighted by Crippen LogP contribution is 2.05. The largest absolute Gasteiger partial charge is 0.469 e. The Kier molecular flexibility index (Phi) is 6.28. The van der Waals surface area contributed by atoms with Crippen molar-refractivity contribution < 1.29 is 14.0 Å². The number of hydrogen-bond donors (Lipinski definition) is 2. The molecule has 0 saturated heterocycles. The fraction of sp³-hybridized carbons (Fsp3) is 0.500. The number of aryl methyl sites for hydroxylation is 1. The van der Waals surface area contributed by atoms with Crippen molar-refractivity contribution >= 4 is 23.5 Å². The van der Waals surface area contributed by atoms with E-state index < -0.39 is 6.03 Å². The zero-order valence-corrected chi connectivity index (χ0v) is 11.0. The van der Waals surface area contributed by atoms with Crippen LogP contribution in [-0.4, -0.2) is 23.9 Å². The molecule has 1 aromatic heterocycles. The van der Waals surface area contributed by atoms with Crippen LogP contribution in [0, 0.1) is 0 Å². The first-order chi connectivity index (χ1) is 8.61. The fourth-order valence-electron chi connectivity index (χ4n) is 1.42. The van der Waals surface area contributed by atoms with E-state index in [1.807, 2.05) is 19.1 Å². The number of nitrogens with one attached hydrogen (secondary N) is 2. The molecule has 100 valence electrons. The Bertz CT molecular complexity index is 379. The number of amides is 3. The van der Waals surface area contributed by atoms with Crippen molar-refractivity contribution in [3.63, 3.8) is 0 Å². The molecular formula is C12H17ClN2O3. The number of imide groups is 1. The Balaban J connectivity index is 2.20. The van der Waals surface area contributed by atoms with E-state index >= 15 is 0 Å². The quantitative estimate of drug-likeness (QED) is 0.779. The third-order valence-electron chi connectivity index (χ3n) is 2.36. The molecule has 1 unspecified atom stereocenters. The molecule has 18 heavy (non-hydrogen) atoms. The Hall–Kier alpha value is -1.49. The number of halogens is 1. The average molecular weight is 273 g/mol. The van der Waals surface area contributed by atoms with Crippen LogP contribution >= 0.6 is 11.6 Å². The summed E-state index contributed by atoms with van der Waals surface area (Å²) in [7, 11) is 0. The van der Waals surface area contributed by atoms with Gasteiger partial charge >= 0.3 is 6.03 Å². The van der Waals surface area contributed by atoms with Crippen molar-refractivity contribution in [2.24, 2.45) is 0 Å². The predicted octanol–water partition coefficient (Wildman–Crippen LogP) is 2.06. The smallest absolute Gasteiger partial charge is 0.321 e. The molecule has 1 rings (SSSR count). The van der Waals surface area contributed by atoms with Crippen molar-refractivity contribution in [2.45, 2.75) is 32.2 Å². The van der Waals surface area contributed by atoms with Crippen LogP contribution in [0.1, 0.15) is 25.5 Å². The lowest BCUT2D eigenvalue weighted by atomic mass is 10.1. The minimum absolute atomic E-state index is 0.0427. The van der Waals surface area contributed by atoms with Crippen molar-refractivity contribution in [2.75, 3.05) is 5.88 Å². The van der Waals surface area contributed by atoms with Gasteiger partial charge in [0.25, 0.3) is 0 Å². The van der Waals surface area contributed by atoms with E-state index in [0.29, 0.717) is 0 Å². The first-order valence-electron chi connectivity index (χ1n) is 5.80. The van der Waals surface area contributed by atoms with Crippen LogP contribution < -0.4 is 10.6 Å². The zero-order valence-electron chi connectivity index (χ0n) is 10.2. The van der Waals surface area contributed by atoms with Gasteiger partial charge in [0.05, 0.1) is 6.26 Å². The highest BCUT2D eigenvalue weighted by atomic mass is 35.5. The molecule has 0 fully saturated rings. The third kappa shape index (κ3) is 5.72. The molecule has 0 radical (unpaired) electrons. The predicted molar refractivity (Wildman–Crippen MR) is 68.5 cm³/mol. The second-order valence-electron chi connectivity index (χ2n) is 3.98. The third-order valence-corrected chi connectivity index (χ3v) is 2.54. The molecule has 6 heteroatoms. The molecule has 0 aromatic carbocycles. The topological polar surface area (TPSA) is 71.3 Å². The summed E-state index contributed by atoms with van der Waals surface area (Å²) in [5.74, 6) is 0.704. The lowest BCUT2D eigenvalue weighted by Gasteiger charge is -2.13. The molecule has 0 bridgehead atoms. The number of carbonyl (C=O) groups is 2. The molecule has 0 aliphatic carbocycles. The Morgan fingerprint density at radius 1 is 1.50 bits per heavy atom. The highest BCUT2D eigenvalue weighted by molar-refractivity contribution is 6.19. The fourth-order valence-corrected chi connectivity index (χ4v) is 1.59. The van der Waals surface area contributed by atoms with Gasteiger partial charge in [-0.25, -0.2) is 4.79 Å². The molecule has 0 aliphatic rings. The molecule has 1 atom stereocenters. The number of furan rings is 1. The van der Waals surface area contributed by atoms with Gasteiger partial charge in [0.2, 0.25) is 5.91 Å². The van der Waals surface area contributed by atoms with Gasteiger partial charge in [-0.1, -0.05) is 0 Å². The van der Waals surface area contributed by atoms with E-state index in [1.165, 1.54) is 0 Å². The normalized spacial score (nSPS) is 11.9. The lowest BCUT2D eigenvalue weighted by molar-refractivity contribution is -0.119. The summed E-state index contributed by atoms with van der Waals surface area (Å²) in [4.78, 5) is 22.5. The van der Waals surface area contributed by atoms with Crippen LogP contribution in [0.2, 0.25) is 0 Å². The SMILES string of the molecule is CC(CCc1ccco1)NC(=O)NC(=O)CCCl. The summed E-state index contributed by atoms with van der Waals surface area (Å²) < 4.78 is 5.19. The molecule has 2 N–H and O–H groups in total. The summed E-state index contributed by atoms with van der Waals surface area (Å²) >= 11 is 5.39. The molecule has 1 heterocycles. The number of carbonyl (C=O) groups excluding carboxylic acids is 2. The van der Waals surface area contributed by atoms with Gasteiger partial charge in [-0.3, -0.25) is 10.1 Å². The lowest BCUT2D eigenvalue weighted by Crippen LogP contribution is -2.43. The summed E-state index contributed by atoms with van der Waals surface area (Å²) in [6.07, 6.45) is 3.23. The standard InChI is InChI=1S/C12H17ClN2O3/c1-9(4-5-10-3-2-8-18-10)14-12(17)15-11(16)6-7-13/h2-3,8-9H,4-7H2,1H3,(H2,14,15,16,17). The monoisotopic (exact) mass is 272 g/mol. The van der Waals surface area contributed by atoms with Gasteiger partial charge < -0.3 is 9.73 Å². The molecule has 0 saturated carbocycles. The Morgan fingerprint density at radius 2 is 2.28 bits per heavy atom. The number of urea groups is 1. The Labute approximate surface area is 111 Å². The first-order valence-corrected chi connectivity index (χ1v) is 6.34. The van der Waals surface area contributed by atoms with Crippen molar-refractivity contribution in [1.82, 2.24) is 10.6 Å². The van der Waals surface area contributed by atoms with E-state index in [2.05, 4.69) is 10.6 Å². The maximum absolute atomic E-state index is 11.4. The van der Waals surface area contributed by atoms with E-state index in [4.69, 9.17) is 16.0 Å². The Morgan fingerprint density at radius 3 is 2.89 bits per heavy atom. The number of hydrogen-bond acceptors (Lipinski definition) is 3. The van der Waals surface area contributed by atoms with Crippen molar-refractivity contribution in [1.29, 1.82) is 0 Å². The average Bonchev–Trinajstić information content (AvgIpc) is 2.79. The molecule has 5 nitrogen and oxygen atoms in total. The molecular weight excluding hydrogens is 256 g/mol. The number of rotatable bonds is 6. The van der Waals surface area contributed by atoms with Crippen molar-refractivity contribution in [3.05, 3.63) is 24.2 Å². The zero-order chi connectivity index (χ0) is 13.4. The van der Waals surface area contributed by atoms with Crippen LogP contribution in [-0.2, 0) is 11.2 Å². The van der Waals surface area contributed by atoms with Crippen LogP contribution in [0.25, 0.3) is 0 Å². The minimum Gasteiger partial charge on any atom is -0.469 e. The second kappa shape index (κ2) is 7.76. The molecule has 0 aliphatic heterocycles.